The highest BCUT2D eigenvalue weighted by Gasteiger charge is 2.27. The van der Waals surface area contributed by atoms with E-state index < -0.39 is 0 Å². The van der Waals surface area contributed by atoms with E-state index in [0.717, 1.165) is 0 Å². The Morgan fingerprint density at radius 3 is 0.359 bits per heavy atom. The first-order chi connectivity index (χ1) is 45.3. The summed E-state index contributed by atoms with van der Waals surface area (Å²) in [5, 5.41) is 44.8. The molecule has 92 heavy (non-hydrogen) atoms. The van der Waals surface area contributed by atoms with Crippen LogP contribution in [-0.2, 0) is 0 Å². The minimum absolute atomic E-state index is 1.22. The van der Waals surface area contributed by atoms with Gasteiger partial charge < -0.3 is 0 Å². The lowest BCUT2D eigenvalue weighted by atomic mass is 9.78. The highest BCUT2D eigenvalue weighted by molar-refractivity contribution is 6.36. The third-order valence-electron chi connectivity index (χ3n) is 21.3. The molecule has 0 unspecified atom stereocenters. The van der Waals surface area contributed by atoms with Gasteiger partial charge in [0.1, 0.15) is 0 Å². The Hall–Kier alpha value is -11.7. The molecule has 21 aromatic rings. The molecule has 0 saturated heterocycles. The van der Waals surface area contributed by atoms with Crippen LogP contribution >= 0.6 is 0 Å². The predicted molar refractivity (Wildman–Crippen MR) is 402 cm³/mol. The van der Waals surface area contributed by atoms with Crippen molar-refractivity contribution in [2.24, 2.45) is 0 Å². The van der Waals surface area contributed by atoms with E-state index in [1.165, 1.54) is 227 Å². The average Bonchev–Trinajstić information content (AvgIpc) is 0.699. The number of rotatable bonds is 2. The molecule has 0 heteroatoms. The summed E-state index contributed by atoms with van der Waals surface area (Å²) in [6, 6.07) is 113. The first-order valence-corrected chi connectivity index (χ1v) is 32.3. The Bertz CT molecular complexity index is 6170. The summed E-state index contributed by atoms with van der Waals surface area (Å²) >= 11 is 0. The van der Waals surface area contributed by atoms with E-state index in [4.69, 9.17) is 0 Å². The summed E-state index contributed by atoms with van der Waals surface area (Å²) in [6.07, 6.45) is 0. The molecule has 0 fully saturated rings. The molecular formula is C92H54. The third kappa shape index (κ3) is 7.23. The van der Waals surface area contributed by atoms with Crippen molar-refractivity contribution in [1.82, 2.24) is 0 Å². The smallest absolute Gasteiger partial charge is 0.00134 e. The summed E-state index contributed by atoms with van der Waals surface area (Å²) in [6.45, 7) is 4.74. The summed E-state index contributed by atoms with van der Waals surface area (Å²) in [5.74, 6) is 0. The topological polar surface area (TPSA) is 0 Å². The zero-order valence-corrected chi connectivity index (χ0v) is 50.7. The largest absolute Gasteiger partial charge is 0.0616 e. The maximum atomic E-state index is 2.59. The molecule has 0 aromatic heterocycles. The van der Waals surface area contributed by atoms with Crippen molar-refractivity contribution in [3.63, 3.8) is 0 Å². The lowest BCUT2D eigenvalue weighted by Crippen LogP contribution is -1.97. The van der Waals surface area contributed by atoms with Crippen LogP contribution in [0.5, 0.6) is 0 Å². The SMILES string of the molecule is Cc1c2cc3cc4ccccc4cc3cc2c(-c2c3cc4cc5ccccc5cc4cc3c(-c3c4cc5cc6ccccc6cc5cc4c(C)c4cc5cc6ccccc6cc5cc34)c3cc4cc5ccccc5cc4cc23)c2cc3cc4ccccc4cc3cc12. The van der Waals surface area contributed by atoms with Gasteiger partial charge >= 0.3 is 0 Å². The summed E-state index contributed by atoms with van der Waals surface area (Å²) in [4.78, 5) is 0. The molecule has 0 spiro atoms. The number of benzene rings is 21. The van der Waals surface area contributed by atoms with E-state index >= 15 is 0 Å². The lowest BCUT2D eigenvalue weighted by molar-refractivity contribution is 1.60. The van der Waals surface area contributed by atoms with Crippen LogP contribution in [0.25, 0.3) is 216 Å². The Balaban J connectivity index is 1.03. The van der Waals surface area contributed by atoms with Gasteiger partial charge in [0.25, 0.3) is 0 Å². The predicted octanol–water partition coefficient (Wildman–Crippen LogP) is 26.4. The van der Waals surface area contributed by atoms with Crippen LogP contribution in [0, 0.1) is 13.8 Å². The van der Waals surface area contributed by atoms with Gasteiger partial charge in [0.15, 0.2) is 0 Å². The molecule has 0 radical (unpaired) electrons. The first-order valence-electron chi connectivity index (χ1n) is 32.3. The molecule has 0 atom stereocenters. The first kappa shape index (κ1) is 50.2. The van der Waals surface area contributed by atoms with Crippen molar-refractivity contribution in [3.8, 4) is 22.3 Å². The van der Waals surface area contributed by atoms with E-state index in [0.29, 0.717) is 0 Å². The number of hydrogen-bond acceptors (Lipinski definition) is 0. The minimum atomic E-state index is 1.22. The summed E-state index contributed by atoms with van der Waals surface area (Å²) < 4.78 is 0. The Morgan fingerprint density at radius 1 is 0.120 bits per heavy atom. The standard InChI is InChI=1S/C92H54/c1-51-77-39-65-27-53-15-3-7-19-57(53)31-69(65)43-81(77)89(82-44-70-32-58-20-8-4-16-54(58)28-66(70)40-78(51)82)91-85-47-73-35-61-23-11-13-25-63(61)37-75(73)49-87(85)92(88-50-76-38-64-26-14-12-24-62(64)36-74(76)48-86(88)91)90-83-45-71-33-59-21-9-5-17-55(59)29-67(71)41-79(83)52(2)80-42-68-30-56-18-6-10-22-60(56)34-72(68)46-84(80)90/h3-50H,1-2H3. The summed E-state index contributed by atoms with van der Waals surface area (Å²) in [5.41, 5.74) is 7.63. The van der Waals surface area contributed by atoms with Crippen LogP contribution in [0.15, 0.2) is 291 Å². The van der Waals surface area contributed by atoms with E-state index in [1.807, 2.05) is 0 Å². The highest BCUT2D eigenvalue weighted by Crippen LogP contribution is 2.55. The van der Waals surface area contributed by atoms with Crippen molar-refractivity contribution < 1.29 is 0 Å². The lowest BCUT2D eigenvalue weighted by Gasteiger charge is -2.25. The van der Waals surface area contributed by atoms with Gasteiger partial charge in [-0.2, -0.15) is 0 Å². The molecule has 0 bridgehead atoms. The van der Waals surface area contributed by atoms with Gasteiger partial charge in [-0.05, 0) is 387 Å². The van der Waals surface area contributed by atoms with Crippen LogP contribution in [-0.4, -0.2) is 0 Å². The molecule has 0 nitrogen and oxygen atoms in total. The molecule has 21 rings (SSSR count). The van der Waals surface area contributed by atoms with Crippen molar-refractivity contribution in [3.05, 3.63) is 302 Å². The van der Waals surface area contributed by atoms with Crippen molar-refractivity contribution >= 4 is 194 Å². The van der Waals surface area contributed by atoms with E-state index in [1.54, 1.807) is 0 Å². The maximum Gasteiger partial charge on any atom is -0.00134 e. The normalized spacial score (nSPS) is 12.5. The zero-order chi connectivity index (χ0) is 60.2. The third-order valence-corrected chi connectivity index (χ3v) is 21.3. The van der Waals surface area contributed by atoms with Crippen LogP contribution in [0.3, 0.4) is 0 Å². The minimum Gasteiger partial charge on any atom is -0.0616 e. The Labute approximate surface area is 529 Å². The molecule has 422 valence electrons. The average molecular weight is 1160 g/mol. The molecule has 0 N–H and O–H groups in total. The van der Waals surface area contributed by atoms with Gasteiger partial charge in [0.05, 0.1) is 0 Å². The van der Waals surface area contributed by atoms with Crippen LogP contribution in [0.4, 0.5) is 0 Å². The zero-order valence-electron chi connectivity index (χ0n) is 50.7. The van der Waals surface area contributed by atoms with E-state index in [9.17, 15) is 0 Å². The molecule has 0 amide bonds. The van der Waals surface area contributed by atoms with Crippen LogP contribution in [0.2, 0.25) is 0 Å². The van der Waals surface area contributed by atoms with E-state index in [2.05, 4.69) is 305 Å². The second-order valence-electron chi connectivity index (χ2n) is 26.4. The maximum absolute atomic E-state index is 2.59. The molecule has 0 aliphatic carbocycles. The van der Waals surface area contributed by atoms with Gasteiger partial charge in [-0.25, -0.2) is 0 Å². The Morgan fingerprint density at radius 2 is 0.228 bits per heavy atom. The van der Waals surface area contributed by atoms with Gasteiger partial charge in [-0.1, -0.05) is 146 Å². The van der Waals surface area contributed by atoms with E-state index in [-0.39, 0.29) is 0 Å². The second kappa shape index (κ2) is 18.5. The van der Waals surface area contributed by atoms with Gasteiger partial charge in [-0.3, -0.25) is 0 Å². The quantitative estimate of drug-likeness (QED) is 0.151. The number of fused-ring (bicyclic) bond motifs is 18. The molecule has 21 aromatic carbocycles. The van der Waals surface area contributed by atoms with Gasteiger partial charge in [0, 0.05) is 0 Å². The molecule has 0 aliphatic rings. The summed E-state index contributed by atoms with van der Waals surface area (Å²) in [7, 11) is 0. The number of aryl methyl sites for hydroxylation is 2. The van der Waals surface area contributed by atoms with Crippen LogP contribution < -0.4 is 0 Å². The van der Waals surface area contributed by atoms with Crippen molar-refractivity contribution in [1.29, 1.82) is 0 Å². The fourth-order valence-electron chi connectivity index (χ4n) is 16.8. The molecule has 0 heterocycles. The highest BCUT2D eigenvalue weighted by atomic mass is 14.3. The monoisotopic (exact) mass is 1160 g/mol. The fourth-order valence-corrected chi connectivity index (χ4v) is 16.8. The van der Waals surface area contributed by atoms with Crippen LogP contribution in [0.1, 0.15) is 11.1 Å². The second-order valence-corrected chi connectivity index (χ2v) is 26.4. The van der Waals surface area contributed by atoms with Crippen molar-refractivity contribution in [2.45, 2.75) is 13.8 Å². The molecule has 0 saturated carbocycles. The number of hydrogen-bond donors (Lipinski definition) is 0. The Kier molecular flexibility index (Phi) is 10.1. The van der Waals surface area contributed by atoms with Crippen molar-refractivity contribution in [2.75, 3.05) is 0 Å². The van der Waals surface area contributed by atoms with Gasteiger partial charge in [-0.15, -0.1) is 0 Å². The van der Waals surface area contributed by atoms with Gasteiger partial charge in [0.2, 0.25) is 0 Å². The molecular weight excluding hydrogens is 1110 g/mol. The fraction of sp³-hybridized carbons (Fsp3) is 0.0217. The molecule has 0 aliphatic heterocycles.